The largest absolute Gasteiger partial charge is 0.384 e. The summed E-state index contributed by atoms with van der Waals surface area (Å²) in [7, 11) is 0. The number of aliphatic hydroxyl groups is 1. The minimum atomic E-state index is -2.93. The summed E-state index contributed by atoms with van der Waals surface area (Å²) in [5, 5.41) is 14.7. The number of likely N-dealkylation sites (tertiary alicyclic amines) is 1. The number of aromatic nitrogens is 2. The topological polar surface area (TPSA) is 81.2 Å². The number of aryl methyl sites for hydroxylation is 1. The SMILES string of the molecule is Cc1cc(-c2ccnc3[nH]cc(F)c23)cc(F)c1[C@@]1(O)[C@H](C)CN(C(=O)[C@@H]2CC(F)(F)CN2)C[C@@H]1C. The Morgan fingerprint density at radius 1 is 1.17 bits per heavy atom. The van der Waals surface area contributed by atoms with Crippen molar-refractivity contribution in [2.45, 2.75) is 44.8 Å². The average molecular weight is 505 g/mol. The van der Waals surface area contributed by atoms with E-state index < -0.39 is 59.9 Å². The second-order valence-electron chi connectivity index (χ2n) is 10.2. The Morgan fingerprint density at radius 3 is 2.47 bits per heavy atom. The lowest BCUT2D eigenvalue weighted by Crippen LogP contribution is -2.58. The maximum Gasteiger partial charge on any atom is 0.262 e. The maximum atomic E-state index is 15.7. The smallest absolute Gasteiger partial charge is 0.262 e. The number of aromatic amines is 1. The van der Waals surface area contributed by atoms with E-state index in [0.717, 1.165) is 0 Å². The van der Waals surface area contributed by atoms with E-state index in [1.165, 1.54) is 23.4 Å². The highest BCUT2D eigenvalue weighted by Crippen LogP contribution is 2.45. The third kappa shape index (κ3) is 3.87. The van der Waals surface area contributed by atoms with Gasteiger partial charge in [0.05, 0.1) is 18.0 Å². The number of hydrogen-bond donors (Lipinski definition) is 3. The molecule has 10 heteroatoms. The van der Waals surface area contributed by atoms with Gasteiger partial charge in [0.2, 0.25) is 5.91 Å². The van der Waals surface area contributed by atoms with E-state index in [0.29, 0.717) is 22.3 Å². The van der Waals surface area contributed by atoms with Crippen molar-refractivity contribution in [1.82, 2.24) is 20.2 Å². The van der Waals surface area contributed by atoms with Crippen LogP contribution in [0.4, 0.5) is 17.6 Å². The third-order valence-corrected chi connectivity index (χ3v) is 7.74. The lowest BCUT2D eigenvalue weighted by atomic mass is 9.69. The summed E-state index contributed by atoms with van der Waals surface area (Å²) in [6, 6.07) is 3.62. The van der Waals surface area contributed by atoms with E-state index in [4.69, 9.17) is 0 Å². The van der Waals surface area contributed by atoms with Crippen LogP contribution in [0.3, 0.4) is 0 Å². The monoisotopic (exact) mass is 504 g/mol. The number of benzene rings is 1. The van der Waals surface area contributed by atoms with Gasteiger partial charge in [-0.25, -0.2) is 22.5 Å². The van der Waals surface area contributed by atoms with Crippen LogP contribution in [0.1, 0.15) is 31.4 Å². The van der Waals surface area contributed by atoms with Gasteiger partial charge >= 0.3 is 0 Å². The Hall–Kier alpha value is -2.98. The molecule has 1 aromatic carbocycles. The number of H-pyrrole nitrogens is 1. The molecule has 1 amide bonds. The third-order valence-electron chi connectivity index (χ3n) is 7.74. The van der Waals surface area contributed by atoms with Crippen molar-refractivity contribution in [3.63, 3.8) is 0 Å². The number of piperidine rings is 1. The van der Waals surface area contributed by atoms with Gasteiger partial charge in [-0.3, -0.25) is 10.1 Å². The first-order chi connectivity index (χ1) is 16.9. The van der Waals surface area contributed by atoms with Gasteiger partial charge in [-0.1, -0.05) is 19.9 Å². The Labute approximate surface area is 205 Å². The number of pyridine rings is 1. The Kier molecular flexibility index (Phi) is 5.87. The van der Waals surface area contributed by atoms with Gasteiger partial charge in [-0.2, -0.15) is 0 Å². The van der Waals surface area contributed by atoms with Crippen molar-refractivity contribution in [2.75, 3.05) is 19.6 Å². The Morgan fingerprint density at radius 2 is 1.86 bits per heavy atom. The summed E-state index contributed by atoms with van der Waals surface area (Å²) in [5.41, 5.74) is 0.294. The molecule has 36 heavy (non-hydrogen) atoms. The first-order valence-corrected chi connectivity index (χ1v) is 12.0. The van der Waals surface area contributed by atoms with Crippen LogP contribution in [0, 0.1) is 30.4 Å². The summed E-state index contributed by atoms with van der Waals surface area (Å²) < 4.78 is 57.4. The molecule has 0 bridgehead atoms. The molecule has 2 saturated heterocycles. The first kappa shape index (κ1) is 24.7. The fourth-order valence-corrected chi connectivity index (χ4v) is 5.95. The van der Waals surface area contributed by atoms with Crippen LogP contribution in [-0.2, 0) is 10.4 Å². The van der Waals surface area contributed by atoms with Gasteiger partial charge in [0.15, 0.2) is 5.82 Å². The number of alkyl halides is 2. The van der Waals surface area contributed by atoms with Gasteiger partial charge in [-0.15, -0.1) is 0 Å². The molecular weight excluding hydrogens is 476 g/mol. The number of carbonyl (C=O) groups is 1. The van der Waals surface area contributed by atoms with E-state index in [-0.39, 0.29) is 24.0 Å². The summed E-state index contributed by atoms with van der Waals surface area (Å²) in [6.07, 6.45) is 2.14. The molecule has 4 heterocycles. The lowest BCUT2D eigenvalue weighted by Gasteiger charge is -2.49. The van der Waals surface area contributed by atoms with Gasteiger partial charge in [0.25, 0.3) is 5.92 Å². The van der Waals surface area contributed by atoms with Crippen LogP contribution in [0.5, 0.6) is 0 Å². The van der Waals surface area contributed by atoms with Crippen LogP contribution in [0.15, 0.2) is 30.6 Å². The van der Waals surface area contributed by atoms with E-state index in [1.807, 2.05) is 0 Å². The molecule has 0 aliphatic carbocycles. The number of fused-ring (bicyclic) bond motifs is 1. The molecule has 3 aromatic rings. The molecule has 2 aromatic heterocycles. The molecule has 2 aliphatic heterocycles. The van der Waals surface area contributed by atoms with Crippen LogP contribution >= 0.6 is 0 Å². The van der Waals surface area contributed by atoms with Gasteiger partial charge < -0.3 is 15.0 Å². The minimum absolute atomic E-state index is 0.101. The van der Waals surface area contributed by atoms with E-state index in [9.17, 15) is 23.1 Å². The van der Waals surface area contributed by atoms with Crippen LogP contribution in [0.25, 0.3) is 22.2 Å². The number of hydrogen-bond acceptors (Lipinski definition) is 4. The summed E-state index contributed by atoms with van der Waals surface area (Å²) in [6.45, 7) is 4.79. The molecule has 3 N–H and O–H groups in total. The molecule has 5 rings (SSSR count). The van der Waals surface area contributed by atoms with Crippen LogP contribution in [0.2, 0.25) is 0 Å². The van der Waals surface area contributed by atoms with Crippen molar-refractivity contribution in [3.8, 4) is 11.1 Å². The van der Waals surface area contributed by atoms with Crippen molar-refractivity contribution < 1.29 is 27.5 Å². The molecule has 2 aliphatic rings. The van der Waals surface area contributed by atoms with Crippen molar-refractivity contribution >= 4 is 16.9 Å². The predicted molar refractivity (Wildman–Crippen MR) is 126 cm³/mol. The summed E-state index contributed by atoms with van der Waals surface area (Å²) >= 11 is 0. The van der Waals surface area contributed by atoms with Crippen molar-refractivity contribution in [1.29, 1.82) is 0 Å². The fraction of sp³-hybridized carbons (Fsp3) is 0.462. The highest BCUT2D eigenvalue weighted by molar-refractivity contribution is 5.93. The normalized spacial score (nSPS) is 28.1. The Bertz CT molecular complexity index is 1310. The fourth-order valence-electron chi connectivity index (χ4n) is 5.95. The van der Waals surface area contributed by atoms with Crippen molar-refractivity contribution in [3.05, 3.63) is 53.4 Å². The molecule has 0 spiro atoms. The number of nitrogens with one attached hydrogen (secondary N) is 2. The zero-order valence-corrected chi connectivity index (χ0v) is 20.2. The van der Waals surface area contributed by atoms with E-state index >= 15 is 4.39 Å². The predicted octanol–water partition coefficient (Wildman–Crippen LogP) is 4.12. The molecular formula is C26H28F4N4O2. The second kappa shape index (κ2) is 8.55. The number of halogens is 4. The highest BCUT2D eigenvalue weighted by Gasteiger charge is 2.51. The van der Waals surface area contributed by atoms with Gasteiger partial charge in [-0.05, 0) is 35.7 Å². The standard InChI is InChI=1S/C26H28F4N4O2/c1-13-6-16(17-4-5-31-23-21(17)19(28)9-32-23)7-18(27)22(13)26(36)14(2)10-34(11-15(26)3)24(35)20-8-25(29,30)12-33-20/h4-7,9,14-15,20,33,36H,8,10-12H2,1-3H3,(H,31,32)/t14-,15+,20-,26-/m0/s1. The first-order valence-electron chi connectivity index (χ1n) is 12.0. The molecule has 0 unspecified atom stereocenters. The summed E-state index contributed by atoms with van der Waals surface area (Å²) in [5.74, 6) is -5.64. The van der Waals surface area contributed by atoms with Crippen LogP contribution in [-0.4, -0.2) is 57.5 Å². The molecule has 2 fully saturated rings. The van der Waals surface area contributed by atoms with Gasteiger partial charge in [0.1, 0.15) is 17.1 Å². The zero-order valence-electron chi connectivity index (χ0n) is 20.2. The number of nitrogens with zero attached hydrogens (tertiary/aromatic N) is 2. The second-order valence-corrected chi connectivity index (χ2v) is 10.2. The molecule has 6 nitrogen and oxygen atoms in total. The highest BCUT2D eigenvalue weighted by atomic mass is 19.3. The van der Waals surface area contributed by atoms with E-state index in [1.54, 1.807) is 32.9 Å². The number of rotatable bonds is 3. The van der Waals surface area contributed by atoms with Crippen molar-refractivity contribution in [2.24, 2.45) is 11.8 Å². The van der Waals surface area contributed by atoms with Gasteiger partial charge in [0, 0.05) is 49.3 Å². The average Bonchev–Trinajstić information content (AvgIpc) is 3.38. The molecule has 0 saturated carbocycles. The maximum absolute atomic E-state index is 15.7. The van der Waals surface area contributed by atoms with Crippen LogP contribution < -0.4 is 5.32 Å². The molecule has 192 valence electrons. The zero-order chi connectivity index (χ0) is 26.0. The molecule has 0 radical (unpaired) electrons. The molecule has 4 atom stereocenters. The number of carbonyl (C=O) groups excluding carboxylic acids is 1. The number of amides is 1. The van der Waals surface area contributed by atoms with E-state index in [2.05, 4.69) is 15.3 Å². The quantitative estimate of drug-likeness (QED) is 0.469. The minimum Gasteiger partial charge on any atom is -0.384 e. The Balaban J connectivity index is 1.46. The summed E-state index contributed by atoms with van der Waals surface area (Å²) in [4.78, 5) is 21.2. The lowest BCUT2D eigenvalue weighted by molar-refractivity contribution is -0.151.